The summed E-state index contributed by atoms with van der Waals surface area (Å²) >= 11 is 0. The number of nitrogens with zero attached hydrogens (tertiary/aromatic N) is 4. The Labute approximate surface area is 198 Å². The zero-order valence-electron chi connectivity index (χ0n) is 18.6. The first kappa shape index (κ1) is 25.2. The van der Waals surface area contributed by atoms with Gasteiger partial charge in [0.05, 0.1) is 17.9 Å². The van der Waals surface area contributed by atoms with E-state index in [9.17, 15) is 9.18 Å². The van der Waals surface area contributed by atoms with Crippen molar-refractivity contribution in [1.29, 1.82) is 5.41 Å². The molecule has 1 aliphatic rings. The monoisotopic (exact) mass is 428 g/mol. The Morgan fingerprint density at radius 2 is 2.03 bits per heavy atom. The van der Waals surface area contributed by atoms with Crippen LogP contribution in [-0.2, 0) is 11.8 Å². The van der Waals surface area contributed by atoms with Gasteiger partial charge < -0.3 is 20.6 Å². The molecule has 0 aliphatic heterocycles. The van der Waals surface area contributed by atoms with E-state index in [-0.39, 0.29) is 31.1 Å². The van der Waals surface area contributed by atoms with Crippen molar-refractivity contribution < 1.29 is 28.0 Å². The summed E-state index contributed by atoms with van der Waals surface area (Å²) in [5, 5.41) is 13.5. The van der Waals surface area contributed by atoms with Crippen molar-refractivity contribution in [2.24, 2.45) is 13.0 Å². The third kappa shape index (κ3) is 5.81. The third-order valence-electron chi connectivity index (χ3n) is 4.90. The fourth-order valence-corrected chi connectivity index (χ4v) is 2.86. The standard InChI is InChI=1S/C22H24FN7O.Li/c1-6-17(24)13(3)7-12(2)14(4)28-21-20(30(5)11-27-21)18-9-19(26-10-25-18)29-22(31)15-8-16(15)23;/h3-4,7,9-11,15-16,24,28H,6,8H2,1-2,5H3,(H,25,26,29,31);/q-2;+1/b12-7-,24-17?;. The van der Waals surface area contributed by atoms with Gasteiger partial charge in [-0.3, -0.25) is 11.4 Å². The van der Waals surface area contributed by atoms with Crippen LogP contribution in [0, 0.1) is 24.5 Å². The van der Waals surface area contributed by atoms with Crippen molar-refractivity contribution in [3.05, 3.63) is 54.8 Å². The summed E-state index contributed by atoms with van der Waals surface area (Å²) in [5.74, 6) is -0.297. The van der Waals surface area contributed by atoms with Gasteiger partial charge in [0.25, 0.3) is 0 Å². The van der Waals surface area contributed by atoms with Crippen molar-refractivity contribution >= 4 is 23.3 Å². The number of amides is 1. The van der Waals surface area contributed by atoms with Gasteiger partial charge in [-0.2, -0.15) is 5.57 Å². The van der Waals surface area contributed by atoms with Crippen molar-refractivity contribution in [3.8, 4) is 11.4 Å². The van der Waals surface area contributed by atoms with E-state index in [2.05, 4.69) is 25.6 Å². The van der Waals surface area contributed by atoms with Crippen LogP contribution in [0.15, 0.2) is 41.6 Å². The molecule has 2 unspecified atom stereocenters. The average Bonchev–Trinajstić information content (AvgIpc) is 3.37. The second-order valence-corrected chi connectivity index (χ2v) is 7.34. The molecule has 2 aromatic heterocycles. The van der Waals surface area contributed by atoms with Crippen LogP contribution < -0.4 is 29.5 Å². The van der Waals surface area contributed by atoms with E-state index in [1.54, 1.807) is 37.0 Å². The number of hydrogen-bond acceptors (Lipinski definition) is 6. The Kier molecular flexibility index (Phi) is 8.30. The molecule has 32 heavy (non-hydrogen) atoms. The molecule has 1 amide bonds. The average molecular weight is 428 g/mol. The topological polar surface area (TPSA) is 109 Å². The molecule has 0 bridgehead atoms. The van der Waals surface area contributed by atoms with Gasteiger partial charge in [-0.15, -0.1) is 12.6 Å². The van der Waals surface area contributed by atoms with Gasteiger partial charge in [-0.25, -0.2) is 37.6 Å². The number of aromatic nitrogens is 4. The van der Waals surface area contributed by atoms with Crippen LogP contribution in [0.2, 0.25) is 0 Å². The van der Waals surface area contributed by atoms with E-state index in [4.69, 9.17) is 18.6 Å². The quantitative estimate of drug-likeness (QED) is 0.235. The smallest absolute Gasteiger partial charge is 0.375 e. The predicted molar refractivity (Wildman–Crippen MR) is 117 cm³/mol. The number of alkyl halides is 1. The van der Waals surface area contributed by atoms with Crippen LogP contribution in [-0.4, -0.2) is 37.3 Å². The van der Waals surface area contributed by atoms with Crippen molar-refractivity contribution in [2.75, 3.05) is 10.6 Å². The van der Waals surface area contributed by atoms with Gasteiger partial charge in [-0.1, -0.05) is 19.1 Å². The van der Waals surface area contributed by atoms with Crippen LogP contribution in [0.3, 0.4) is 0 Å². The number of imidazole rings is 1. The summed E-state index contributed by atoms with van der Waals surface area (Å²) in [6, 6.07) is 1.59. The molecule has 3 rings (SSSR count). The van der Waals surface area contributed by atoms with Crippen LogP contribution in [0.4, 0.5) is 16.0 Å². The Bertz CT molecular complexity index is 1090. The molecule has 3 N–H and O–H groups in total. The molecular weight excluding hydrogens is 404 g/mol. The Morgan fingerprint density at radius 1 is 1.34 bits per heavy atom. The number of rotatable bonds is 9. The van der Waals surface area contributed by atoms with E-state index in [1.165, 1.54) is 6.33 Å². The molecule has 162 valence electrons. The van der Waals surface area contributed by atoms with E-state index in [1.807, 2.05) is 6.92 Å². The summed E-state index contributed by atoms with van der Waals surface area (Å²) in [7, 11) is 1.79. The summed E-state index contributed by atoms with van der Waals surface area (Å²) in [6.45, 7) is 15.7. The SMILES string of the molecule is [CH-]=C(/C=C(/C)C(=[CH-])Nc1ncn(C)c1-c1cc(NC(=O)C2CC2F)ncn1)C(=N)CC.[Li+]. The van der Waals surface area contributed by atoms with Crippen molar-refractivity contribution in [2.45, 2.75) is 32.9 Å². The third-order valence-corrected chi connectivity index (χ3v) is 4.90. The normalized spacial score (nSPS) is 17.2. The molecular formula is C22H24FLiN7O-. The minimum Gasteiger partial charge on any atom is -0.375 e. The Hall–Kier alpha value is -3.02. The van der Waals surface area contributed by atoms with E-state index >= 15 is 0 Å². The van der Waals surface area contributed by atoms with Gasteiger partial charge in [0.1, 0.15) is 24.0 Å². The number of aryl methyl sites for hydroxylation is 1. The second kappa shape index (κ2) is 10.5. The zero-order valence-corrected chi connectivity index (χ0v) is 18.6. The first-order chi connectivity index (χ1) is 14.7. The van der Waals surface area contributed by atoms with Gasteiger partial charge in [-0.05, 0) is 6.42 Å². The fraction of sp³-hybridized carbons (Fsp3) is 0.318. The van der Waals surface area contributed by atoms with Gasteiger partial charge in [0.2, 0.25) is 5.91 Å². The predicted octanol–water partition coefficient (Wildman–Crippen LogP) is 0.642. The number of halogens is 1. The zero-order chi connectivity index (χ0) is 22.7. The summed E-state index contributed by atoms with van der Waals surface area (Å²) in [4.78, 5) is 24.6. The molecule has 2 atom stereocenters. The largest absolute Gasteiger partial charge is 1.00 e. The van der Waals surface area contributed by atoms with E-state index in [0.717, 1.165) is 0 Å². The Balaban J connectivity index is 0.00000363. The molecule has 1 aliphatic carbocycles. The minimum absolute atomic E-state index is 0. The molecule has 0 aromatic carbocycles. The molecule has 0 spiro atoms. The second-order valence-electron chi connectivity index (χ2n) is 7.34. The summed E-state index contributed by atoms with van der Waals surface area (Å²) in [5.41, 5.74) is 2.74. The van der Waals surface area contributed by atoms with Crippen LogP contribution in [0.1, 0.15) is 26.7 Å². The van der Waals surface area contributed by atoms with Crippen LogP contribution in [0.25, 0.3) is 11.4 Å². The van der Waals surface area contributed by atoms with E-state index < -0.39 is 18.0 Å². The maximum atomic E-state index is 13.1. The fourth-order valence-electron chi connectivity index (χ4n) is 2.86. The van der Waals surface area contributed by atoms with Crippen molar-refractivity contribution in [1.82, 2.24) is 19.5 Å². The maximum Gasteiger partial charge on any atom is 1.00 e. The first-order valence-electron chi connectivity index (χ1n) is 9.78. The maximum absolute atomic E-state index is 13.1. The number of carbonyl (C=O) groups is 1. The number of anilines is 2. The molecule has 2 heterocycles. The molecule has 0 radical (unpaired) electrons. The molecule has 8 nitrogen and oxygen atoms in total. The van der Waals surface area contributed by atoms with Crippen LogP contribution in [0.5, 0.6) is 0 Å². The molecule has 0 saturated heterocycles. The van der Waals surface area contributed by atoms with Gasteiger partial charge in [0.15, 0.2) is 5.82 Å². The Morgan fingerprint density at radius 3 is 2.66 bits per heavy atom. The van der Waals surface area contributed by atoms with Crippen molar-refractivity contribution in [3.63, 3.8) is 0 Å². The summed E-state index contributed by atoms with van der Waals surface area (Å²) < 4.78 is 14.9. The molecule has 10 heteroatoms. The number of carbonyl (C=O) groups excluding carboxylic acids is 1. The first-order valence-corrected chi connectivity index (χ1v) is 9.78. The summed E-state index contributed by atoms with van der Waals surface area (Å²) in [6.07, 6.45) is 4.21. The molecule has 1 fully saturated rings. The number of nitrogens with one attached hydrogen (secondary N) is 3. The van der Waals surface area contributed by atoms with E-state index in [0.29, 0.717) is 46.2 Å². The molecule has 2 aromatic rings. The van der Waals surface area contributed by atoms with Gasteiger partial charge in [0, 0.05) is 13.1 Å². The number of allylic oxidation sites excluding steroid dienone is 3. The minimum atomic E-state index is -1.09. The van der Waals surface area contributed by atoms with Crippen LogP contribution >= 0.6 is 0 Å². The number of hydrogen-bond donors (Lipinski definition) is 3. The molecule has 1 saturated carbocycles. The van der Waals surface area contributed by atoms with Gasteiger partial charge >= 0.3 is 18.9 Å².